The van der Waals surface area contributed by atoms with Gasteiger partial charge in [-0.25, -0.2) is 0 Å². The van der Waals surface area contributed by atoms with Crippen LogP contribution in [0.2, 0.25) is 0 Å². The molecule has 0 aliphatic rings. The average Bonchev–Trinajstić information content (AvgIpc) is 3.13. The Kier molecular flexibility index (Phi) is 6.17. The molecule has 0 aromatic heterocycles. The number of benzene rings is 9. The minimum atomic E-state index is 1.14. The molecule has 0 atom stereocenters. The third kappa shape index (κ3) is 4.27. The van der Waals surface area contributed by atoms with Crippen molar-refractivity contribution in [2.24, 2.45) is 0 Å². The maximum Gasteiger partial charge on any atom is 0.0474 e. The van der Waals surface area contributed by atoms with Gasteiger partial charge in [0.05, 0.1) is 0 Å². The lowest BCUT2D eigenvalue weighted by atomic mass is 9.88. The van der Waals surface area contributed by atoms with Gasteiger partial charge in [-0.15, -0.1) is 0 Å². The molecule has 0 heterocycles. The molecule has 0 aliphatic carbocycles. The third-order valence-corrected chi connectivity index (χ3v) is 9.08. The molecule has 9 aromatic rings. The predicted molar refractivity (Wildman–Crippen MR) is 197 cm³/mol. The predicted octanol–water partition coefficient (Wildman–Crippen LogP) is 12.7. The molecule has 216 valence electrons. The van der Waals surface area contributed by atoms with E-state index in [-0.39, 0.29) is 0 Å². The number of fused-ring (bicyclic) bond motifs is 3. The van der Waals surface area contributed by atoms with Crippen LogP contribution in [0.25, 0.3) is 43.1 Å². The molecule has 2 nitrogen and oxygen atoms in total. The summed E-state index contributed by atoms with van der Waals surface area (Å²) in [6.07, 6.45) is 0. The van der Waals surface area contributed by atoms with E-state index in [2.05, 4.69) is 192 Å². The first-order valence-corrected chi connectivity index (χ1v) is 15.8. The quantitative estimate of drug-likeness (QED) is 0.141. The lowest BCUT2D eigenvalue weighted by molar-refractivity contribution is 1.29. The van der Waals surface area contributed by atoms with Gasteiger partial charge < -0.3 is 9.80 Å². The van der Waals surface area contributed by atoms with E-state index >= 15 is 0 Å². The van der Waals surface area contributed by atoms with Crippen LogP contribution in [0.4, 0.5) is 34.1 Å². The summed E-state index contributed by atoms with van der Waals surface area (Å²) in [6.45, 7) is 0. The number of para-hydroxylation sites is 4. The average molecular weight is 587 g/mol. The summed E-state index contributed by atoms with van der Waals surface area (Å²) < 4.78 is 0. The molecule has 9 rings (SSSR count). The second-order valence-electron chi connectivity index (χ2n) is 11.8. The van der Waals surface area contributed by atoms with Crippen molar-refractivity contribution in [3.8, 4) is 0 Å². The van der Waals surface area contributed by atoms with Crippen molar-refractivity contribution in [2.45, 2.75) is 0 Å². The van der Waals surface area contributed by atoms with Crippen LogP contribution in [0.1, 0.15) is 0 Å². The molecule has 0 radical (unpaired) electrons. The minimum absolute atomic E-state index is 1.14. The zero-order valence-corrected chi connectivity index (χ0v) is 25.2. The number of rotatable bonds is 6. The Labute approximate surface area is 268 Å². The van der Waals surface area contributed by atoms with Crippen molar-refractivity contribution in [3.05, 3.63) is 182 Å². The van der Waals surface area contributed by atoms with Gasteiger partial charge in [0.15, 0.2) is 0 Å². The normalized spacial score (nSPS) is 11.5. The maximum atomic E-state index is 2.39. The minimum Gasteiger partial charge on any atom is -0.310 e. The molecule has 0 amide bonds. The first kappa shape index (κ1) is 26.3. The van der Waals surface area contributed by atoms with Gasteiger partial charge in [0, 0.05) is 34.1 Å². The van der Waals surface area contributed by atoms with Gasteiger partial charge in [0.25, 0.3) is 0 Å². The van der Waals surface area contributed by atoms with Crippen molar-refractivity contribution in [3.63, 3.8) is 0 Å². The highest BCUT2D eigenvalue weighted by molar-refractivity contribution is 6.34. The molecular formula is C44H30N2. The Morgan fingerprint density at radius 3 is 0.870 bits per heavy atom. The Morgan fingerprint density at radius 1 is 0.239 bits per heavy atom. The molecule has 46 heavy (non-hydrogen) atoms. The van der Waals surface area contributed by atoms with Crippen LogP contribution < -0.4 is 9.80 Å². The first-order valence-electron chi connectivity index (χ1n) is 15.8. The van der Waals surface area contributed by atoms with Crippen molar-refractivity contribution < 1.29 is 0 Å². The van der Waals surface area contributed by atoms with Crippen LogP contribution >= 0.6 is 0 Å². The number of anilines is 6. The molecule has 2 heteroatoms. The van der Waals surface area contributed by atoms with E-state index in [0.29, 0.717) is 0 Å². The van der Waals surface area contributed by atoms with E-state index < -0.39 is 0 Å². The summed E-state index contributed by atoms with van der Waals surface area (Å²) in [5, 5.41) is 10.2. The monoisotopic (exact) mass is 586 g/mol. The Bertz CT molecular complexity index is 2200. The van der Waals surface area contributed by atoms with Gasteiger partial charge in [0.1, 0.15) is 0 Å². The highest BCUT2D eigenvalue weighted by atomic mass is 15.1. The molecule has 0 aliphatic heterocycles. The van der Waals surface area contributed by atoms with Gasteiger partial charge in [-0.2, -0.15) is 0 Å². The van der Waals surface area contributed by atoms with Crippen molar-refractivity contribution in [2.75, 3.05) is 9.80 Å². The summed E-state index contributed by atoms with van der Waals surface area (Å²) in [6, 6.07) is 65.6. The van der Waals surface area contributed by atoms with E-state index in [0.717, 1.165) is 34.1 Å². The summed E-state index contributed by atoms with van der Waals surface area (Å²) in [5.74, 6) is 0. The highest BCUT2D eigenvalue weighted by Gasteiger charge is 2.20. The van der Waals surface area contributed by atoms with E-state index in [1.807, 2.05) is 0 Å². The third-order valence-electron chi connectivity index (χ3n) is 9.08. The van der Waals surface area contributed by atoms with Crippen molar-refractivity contribution in [1.29, 1.82) is 0 Å². The fourth-order valence-electron chi connectivity index (χ4n) is 7.14. The lowest BCUT2D eigenvalue weighted by Gasteiger charge is -2.28. The summed E-state index contributed by atoms with van der Waals surface area (Å²) in [4.78, 5) is 4.72. The Morgan fingerprint density at radius 2 is 0.543 bits per heavy atom. The fourth-order valence-corrected chi connectivity index (χ4v) is 7.14. The molecular weight excluding hydrogens is 556 g/mol. The number of nitrogens with zero attached hydrogens (tertiary/aromatic N) is 2. The van der Waals surface area contributed by atoms with E-state index in [9.17, 15) is 0 Å². The van der Waals surface area contributed by atoms with Crippen LogP contribution in [-0.2, 0) is 0 Å². The zero-order valence-electron chi connectivity index (χ0n) is 25.2. The van der Waals surface area contributed by atoms with Gasteiger partial charge in [0.2, 0.25) is 0 Å². The van der Waals surface area contributed by atoms with Crippen LogP contribution in [-0.4, -0.2) is 0 Å². The SMILES string of the molecule is c1ccc(N(c2ccccc2)c2cc3ccc4cc(N(c5ccccc5)c5ccccc5)cc5c6ccccc6c(c2)c3c45)cc1. The van der Waals surface area contributed by atoms with Gasteiger partial charge in [-0.3, -0.25) is 0 Å². The molecule has 0 N–H and O–H groups in total. The van der Waals surface area contributed by atoms with Crippen LogP contribution in [0.5, 0.6) is 0 Å². The molecule has 0 bridgehead atoms. The summed E-state index contributed by atoms with van der Waals surface area (Å²) in [7, 11) is 0. The van der Waals surface area contributed by atoms with Crippen molar-refractivity contribution in [1.82, 2.24) is 0 Å². The molecule has 0 spiro atoms. The molecule has 0 unspecified atom stereocenters. The van der Waals surface area contributed by atoms with Crippen LogP contribution in [0.3, 0.4) is 0 Å². The topological polar surface area (TPSA) is 6.48 Å². The standard InChI is InChI=1S/C44H30N2/c1-5-15-33(16-6-1)45(34-17-7-2-8-18-34)37-27-31-25-26-32-28-38(46(35-19-9-3-10-20-35)36-21-11-4-12-22-36)30-42-40-24-14-13-23-39(40)41(29-37)43(31)44(32)42/h1-30H. The Balaban J connectivity index is 1.34. The van der Waals surface area contributed by atoms with E-state index in [4.69, 9.17) is 0 Å². The first-order chi connectivity index (χ1) is 22.8. The highest BCUT2D eigenvalue weighted by Crippen LogP contribution is 2.47. The van der Waals surface area contributed by atoms with Crippen LogP contribution in [0.15, 0.2) is 182 Å². The van der Waals surface area contributed by atoms with Crippen LogP contribution in [0, 0.1) is 0 Å². The summed E-state index contributed by atoms with van der Waals surface area (Å²) in [5.41, 5.74) is 6.84. The maximum absolute atomic E-state index is 2.39. The molecule has 0 fully saturated rings. The molecule has 0 saturated heterocycles. The largest absolute Gasteiger partial charge is 0.310 e. The summed E-state index contributed by atoms with van der Waals surface area (Å²) >= 11 is 0. The fraction of sp³-hybridized carbons (Fsp3) is 0. The van der Waals surface area contributed by atoms with E-state index in [1.54, 1.807) is 0 Å². The molecule has 0 saturated carbocycles. The second kappa shape index (κ2) is 10.8. The zero-order chi connectivity index (χ0) is 30.5. The van der Waals surface area contributed by atoms with E-state index in [1.165, 1.54) is 43.1 Å². The lowest BCUT2D eigenvalue weighted by Crippen LogP contribution is -2.10. The van der Waals surface area contributed by atoms with Gasteiger partial charge in [-0.1, -0.05) is 109 Å². The smallest absolute Gasteiger partial charge is 0.0474 e. The van der Waals surface area contributed by atoms with Gasteiger partial charge >= 0.3 is 0 Å². The number of hydrogen-bond donors (Lipinski definition) is 0. The van der Waals surface area contributed by atoms with Gasteiger partial charge in [-0.05, 0) is 116 Å². The number of hydrogen-bond acceptors (Lipinski definition) is 2. The Hall–Kier alpha value is -6.12. The van der Waals surface area contributed by atoms with Crippen molar-refractivity contribution >= 4 is 77.2 Å². The second-order valence-corrected chi connectivity index (χ2v) is 11.8. The molecule has 9 aromatic carbocycles.